The number of benzene rings is 2. The largest absolute Gasteiger partial charge is 0.384 e. The number of aromatic nitrogens is 1. The van der Waals surface area contributed by atoms with Gasteiger partial charge in [-0.25, -0.2) is 8.78 Å². The minimum absolute atomic E-state index is 0.324. The van der Waals surface area contributed by atoms with E-state index in [1.165, 1.54) is 30.4 Å². The lowest BCUT2D eigenvalue weighted by Crippen LogP contribution is -2.25. The van der Waals surface area contributed by atoms with Crippen molar-refractivity contribution in [2.75, 3.05) is 19.8 Å². The van der Waals surface area contributed by atoms with E-state index in [1.807, 2.05) is 31.1 Å². The van der Waals surface area contributed by atoms with Crippen LogP contribution in [-0.2, 0) is 6.54 Å². The third-order valence-corrected chi connectivity index (χ3v) is 7.87. The van der Waals surface area contributed by atoms with Gasteiger partial charge >= 0.3 is 0 Å². The first-order valence-electron chi connectivity index (χ1n) is 13.0. The van der Waals surface area contributed by atoms with E-state index in [2.05, 4.69) is 60.7 Å². The molecule has 6 heteroatoms. The molecule has 0 radical (unpaired) electrons. The minimum Gasteiger partial charge on any atom is -0.384 e. The molecule has 0 aliphatic carbocycles. The van der Waals surface area contributed by atoms with E-state index in [9.17, 15) is 4.39 Å². The van der Waals surface area contributed by atoms with Gasteiger partial charge in [-0.2, -0.15) is 10.5 Å². The molecule has 2 atom stereocenters. The number of hydrogen-bond donors (Lipinski definition) is 1. The summed E-state index contributed by atoms with van der Waals surface area (Å²) in [5.41, 5.74) is 5.40. The molecule has 3 aromatic rings. The van der Waals surface area contributed by atoms with Gasteiger partial charge < -0.3 is 10.2 Å². The van der Waals surface area contributed by atoms with Gasteiger partial charge in [0.2, 0.25) is 0 Å². The Bertz CT molecular complexity index is 1340. The maximum atomic E-state index is 15.3. The minimum atomic E-state index is -0.450. The Morgan fingerprint density at radius 3 is 2.26 bits per heavy atom. The van der Waals surface area contributed by atoms with Crippen LogP contribution in [0.1, 0.15) is 48.9 Å². The van der Waals surface area contributed by atoms with Crippen LogP contribution in [0.5, 0.6) is 0 Å². The molecule has 0 spiro atoms. The summed E-state index contributed by atoms with van der Waals surface area (Å²) in [6, 6.07) is 15.1. The Labute approximate surface area is 234 Å². The second kappa shape index (κ2) is 14.0. The molecular formula is C33H39F2N3S. The van der Waals surface area contributed by atoms with E-state index in [0.717, 1.165) is 22.5 Å². The molecule has 1 aliphatic rings. The third-order valence-electron chi connectivity index (χ3n) is 6.54. The van der Waals surface area contributed by atoms with Crippen molar-refractivity contribution in [2.24, 2.45) is 0 Å². The van der Waals surface area contributed by atoms with Crippen LogP contribution in [-0.4, -0.2) is 35.6 Å². The highest BCUT2D eigenvalue weighted by Crippen LogP contribution is 2.34. The maximum absolute atomic E-state index is 15.3. The van der Waals surface area contributed by atoms with Gasteiger partial charge in [0.25, 0.3) is 0 Å². The molecule has 0 bridgehead atoms. The molecule has 0 fully saturated rings. The zero-order valence-corrected chi connectivity index (χ0v) is 24.2. The molecule has 2 unspecified atom stereocenters. The topological polar surface area (TPSA) is 28.2 Å². The van der Waals surface area contributed by atoms with E-state index in [4.69, 9.17) is 0 Å². The summed E-state index contributed by atoms with van der Waals surface area (Å²) in [5.74, 6) is 4.37. The lowest BCUT2D eigenvalue weighted by atomic mass is 9.90. The Morgan fingerprint density at radius 2 is 1.72 bits per heavy atom. The van der Waals surface area contributed by atoms with E-state index in [-0.39, 0.29) is 11.6 Å². The highest BCUT2D eigenvalue weighted by molar-refractivity contribution is 8.16. The number of allylic oxidation sites excluding steroid dienone is 1. The molecular weight excluding hydrogens is 508 g/mol. The Kier molecular flexibility index (Phi) is 10.8. The normalized spacial score (nSPS) is 14.9. The fourth-order valence-corrected chi connectivity index (χ4v) is 5.12. The zero-order chi connectivity index (χ0) is 28.5. The van der Waals surface area contributed by atoms with Crippen molar-refractivity contribution in [3.8, 4) is 11.1 Å². The summed E-state index contributed by atoms with van der Waals surface area (Å²) in [6.07, 6.45) is 5.27. The molecule has 0 amide bonds. The predicted molar refractivity (Wildman–Crippen MR) is 165 cm³/mol. The quantitative estimate of drug-likeness (QED) is 0.274. The number of pyridine rings is 1. The van der Waals surface area contributed by atoms with Gasteiger partial charge in [-0.1, -0.05) is 63.2 Å². The number of likely N-dealkylation sites (N-methyl/N-ethyl adjacent to an activating group) is 1. The second-order valence-electron chi connectivity index (χ2n) is 10.1. The first kappa shape index (κ1) is 30.0. The standard InChI is InChI=1S/C28H31F2N3.C5H8S/c1-18(2)27-15-21(13-14-31-27)17-32-19(3)28(20(4)33(5)6)25-12-9-23(16-26(25)30)22-7-10-24(29)11-8-22;1-6-4-2-3-5-6/h7-16,18,28,32H,3-4,17H2,1-2,5-6H3;2,4H,1,3,5H2. The van der Waals surface area contributed by atoms with E-state index >= 15 is 4.39 Å². The maximum Gasteiger partial charge on any atom is 0.128 e. The molecule has 0 saturated carbocycles. The fraction of sp³-hybridized carbons (Fsp3) is 0.273. The van der Waals surface area contributed by atoms with Gasteiger partial charge in [0.1, 0.15) is 11.6 Å². The van der Waals surface area contributed by atoms with Crippen molar-refractivity contribution in [1.82, 2.24) is 15.2 Å². The monoisotopic (exact) mass is 547 g/mol. The smallest absolute Gasteiger partial charge is 0.128 e. The van der Waals surface area contributed by atoms with Crippen molar-refractivity contribution in [1.29, 1.82) is 0 Å². The summed E-state index contributed by atoms with van der Waals surface area (Å²) in [7, 11) is 4.16. The first-order chi connectivity index (χ1) is 18.6. The van der Waals surface area contributed by atoms with Gasteiger partial charge in [-0.05, 0) is 70.5 Å². The lowest BCUT2D eigenvalue weighted by molar-refractivity contribution is 0.466. The molecule has 0 saturated heterocycles. The van der Waals surface area contributed by atoms with Crippen LogP contribution in [0.25, 0.3) is 11.1 Å². The number of halogens is 2. The Balaban J connectivity index is 0.000000617. The number of rotatable bonds is 9. The average molecular weight is 548 g/mol. The van der Waals surface area contributed by atoms with Crippen LogP contribution in [0.4, 0.5) is 8.78 Å². The Morgan fingerprint density at radius 1 is 1.03 bits per heavy atom. The van der Waals surface area contributed by atoms with Crippen molar-refractivity contribution >= 4 is 16.4 Å². The van der Waals surface area contributed by atoms with Crippen LogP contribution in [0.3, 0.4) is 0 Å². The van der Waals surface area contributed by atoms with Crippen molar-refractivity contribution in [3.05, 3.63) is 125 Å². The van der Waals surface area contributed by atoms with Crippen molar-refractivity contribution < 1.29 is 8.78 Å². The van der Waals surface area contributed by atoms with Gasteiger partial charge in [-0.3, -0.25) is 4.98 Å². The predicted octanol–water partition coefficient (Wildman–Crippen LogP) is 8.22. The van der Waals surface area contributed by atoms with E-state index < -0.39 is 5.92 Å². The first-order valence-corrected chi connectivity index (χ1v) is 14.6. The highest BCUT2D eigenvalue weighted by atomic mass is 32.2. The third kappa shape index (κ3) is 8.49. The van der Waals surface area contributed by atoms with Crippen LogP contribution in [0, 0.1) is 11.6 Å². The average Bonchev–Trinajstić information content (AvgIpc) is 3.40. The van der Waals surface area contributed by atoms with Crippen LogP contribution < -0.4 is 5.32 Å². The van der Waals surface area contributed by atoms with Crippen LogP contribution in [0.2, 0.25) is 0 Å². The zero-order valence-electron chi connectivity index (χ0n) is 23.4. The van der Waals surface area contributed by atoms with Gasteiger partial charge in [0.15, 0.2) is 0 Å². The summed E-state index contributed by atoms with van der Waals surface area (Å²) >= 11 is 0. The molecule has 1 N–H and O–H groups in total. The number of nitrogens with one attached hydrogen (secondary N) is 1. The van der Waals surface area contributed by atoms with Crippen molar-refractivity contribution in [2.45, 2.75) is 38.6 Å². The lowest BCUT2D eigenvalue weighted by Gasteiger charge is -2.29. The molecule has 1 aliphatic heterocycles. The van der Waals surface area contributed by atoms with E-state index in [0.29, 0.717) is 39.8 Å². The fourth-order valence-electron chi connectivity index (χ4n) is 4.14. The molecule has 4 rings (SSSR count). The van der Waals surface area contributed by atoms with Gasteiger partial charge in [0.05, 0.1) is 5.92 Å². The number of nitrogens with zero attached hydrogens (tertiary/aromatic N) is 2. The number of hydrogen-bond acceptors (Lipinski definition) is 3. The Hall–Kier alpha value is -3.51. The molecule has 1 aromatic heterocycles. The molecule has 39 heavy (non-hydrogen) atoms. The summed E-state index contributed by atoms with van der Waals surface area (Å²) in [4.78, 5) is 6.28. The van der Waals surface area contributed by atoms with Crippen LogP contribution >= 0.6 is 10.5 Å². The molecule has 206 valence electrons. The molecule has 2 aromatic carbocycles. The van der Waals surface area contributed by atoms with Crippen molar-refractivity contribution in [3.63, 3.8) is 0 Å². The van der Waals surface area contributed by atoms with Gasteiger partial charge in [-0.15, -0.1) is 0 Å². The van der Waals surface area contributed by atoms with E-state index in [1.54, 1.807) is 24.4 Å². The molecule has 2 heterocycles. The molecule has 3 nitrogen and oxygen atoms in total. The summed E-state index contributed by atoms with van der Waals surface area (Å²) in [5, 5.41) is 5.56. The summed E-state index contributed by atoms with van der Waals surface area (Å²) < 4.78 is 28.6. The SMILES string of the molecule is C=C(NCc1ccnc(C(C)C)c1)C(C(=C)N(C)C)c1ccc(-c2ccc(F)cc2)cc1F.C=S1C=CCC1. The second-order valence-corrected chi connectivity index (χ2v) is 11.8. The van der Waals surface area contributed by atoms with Crippen LogP contribution in [0.15, 0.2) is 96.8 Å². The summed E-state index contributed by atoms with van der Waals surface area (Å²) in [6.45, 7) is 13.2. The highest BCUT2D eigenvalue weighted by Gasteiger charge is 2.24. The van der Waals surface area contributed by atoms with Gasteiger partial charge in [0, 0.05) is 49.5 Å².